The summed E-state index contributed by atoms with van der Waals surface area (Å²) in [6.07, 6.45) is 4.78. The van der Waals surface area contributed by atoms with Gasteiger partial charge in [-0.05, 0) is 63.0 Å². The van der Waals surface area contributed by atoms with E-state index < -0.39 is 0 Å². The van der Waals surface area contributed by atoms with Gasteiger partial charge >= 0.3 is 0 Å². The minimum atomic E-state index is 0.434. The molecule has 1 aromatic heterocycles. The fourth-order valence-electron chi connectivity index (χ4n) is 4.63. The SMILES string of the molecule is CCN(CC)C1CCC(Nc2nc(Nc3ccccc3OC)nc3ccccc23)CC1. The van der Waals surface area contributed by atoms with E-state index in [1.54, 1.807) is 7.11 Å². The standard InChI is InChI=1S/C25H33N5O/c1-4-30(5-2)19-16-14-18(15-17-19)26-24-20-10-6-7-11-21(20)27-25(29-24)28-22-12-8-9-13-23(22)31-3/h6-13,18-19H,4-5,14-17H2,1-3H3,(H2,26,27,28,29). The van der Waals surface area contributed by atoms with Gasteiger partial charge in [-0.15, -0.1) is 0 Å². The summed E-state index contributed by atoms with van der Waals surface area (Å²) in [5.41, 5.74) is 1.78. The molecule has 0 atom stereocenters. The second kappa shape index (κ2) is 9.96. The largest absolute Gasteiger partial charge is 0.495 e. The molecule has 0 radical (unpaired) electrons. The lowest BCUT2D eigenvalue weighted by molar-refractivity contribution is 0.167. The molecule has 0 amide bonds. The van der Waals surface area contributed by atoms with Crippen LogP contribution in [0.1, 0.15) is 39.5 Å². The summed E-state index contributed by atoms with van der Waals surface area (Å²) in [6.45, 7) is 6.79. The summed E-state index contributed by atoms with van der Waals surface area (Å²) >= 11 is 0. The van der Waals surface area contributed by atoms with E-state index in [2.05, 4.69) is 35.4 Å². The van der Waals surface area contributed by atoms with E-state index in [1.165, 1.54) is 12.8 Å². The van der Waals surface area contributed by atoms with Crippen LogP contribution in [-0.4, -0.2) is 47.2 Å². The predicted octanol–water partition coefficient (Wildman–Crippen LogP) is 5.45. The summed E-state index contributed by atoms with van der Waals surface area (Å²) in [5.74, 6) is 2.24. The Balaban J connectivity index is 1.55. The van der Waals surface area contributed by atoms with Crippen LogP contribution in [0.2, 0.25) is 0 Å². The van der Waals surface area contributed by atoms with Crippen LogP contribution in [-0.2, 0) is 0 Å². The summed E-state index contributed by atoms with van der Waals surface area (Å²) in [6, 6.07) is 17.1. The molecule has 164 valence electrons. The molecule has 0 unspecified atom stereocenters. The molecule has 31 heavy (non-hydrogen) atoms. The van der Waals surface area contributed by atoms with Crippen molar-refractivity contribution >= 4 is 28.4 Å². The Morgan fingerprint density at radius 3 is 2.39 bits per heavy atom. The first-order valence-corrected chi connectivity index (χ1v) is 11.4. The number of nitrogens with one attached hydrogen (secondary N) is 2. The molecule has 1 aliphatic rings. The van der Waals surface area contributed by atoms with Crippen molar-refractivity contribution in [1.82, 2.24) is 14.9 Å². The molecule has 0 saturated heterocycles. The normalized spacial score (nSPS) is 18.8. The number of anilines is 3. The molecule has 2 aromatic carbocycles. The maximum atomic E-state index is 5.47. The van der Waals surface area contributed by atoms with Crippen molar-refractivity contribution in [2.24, 2.45) is 0 Å². The van der Waals surface area contributed by atoms with Crippen LogP contribution in [0.5, 0.6) is 5.75 Å². The van der Waals surface area contributed by atoms with Gasteiger partial charge in [0, 0.05) is 17.5 Å². The average Bonchev–Trinajstić information content (AvgIpc) is 2.81. The maximum Gasteiger partial charge on any atom is 0.229 e. The summed E-state index contributed by atoms with van der Waals surface area (Å²) < 4.78 is 5.47. The molecular formula is C25H33N5O. The molecular weight excluding hydrogens is 386 g/mol. The Bertz CT molecular complexity index is 996. The molecule has 4 rings (SSSR count). The van der Waals surface area contributed by atoms with Crippen LogP contribution in [0.25, 0.3) is 10.9 Å². The van der Waals surface area contributed by atoms with Crippen molar-refractivity contribution in [3.8, 4) is 5.75 Å². The van der Waals surface area contributed by atoms with E-state index in [1.807, 2.05) is 42.5 Å². The number of hydrogen-bond donors (Lipinski definition) is 2. The van der Waals surface area contributed by atoms with Crippen LogP contribution in [0, 0.1) is 0 Å². The van der Waals surface area contributed by atoms with Crippen molar-refractivity contribution in [3.05, 3.63) is 48.5 Å². The van der Waals surface area contributed by atoms with E-state index >= 15 is 0 Å². The molecule has 1 fully saturated rings. The van der Waals surface area contributed by atoms with Crippen LogP contribution in [0.15, 0.2) is 48.5 Å². The number of methoxy groups -OCH3 is 1. The fourth-order valence-corrected chi connectivity index (χ4v) is 4.63. The average molecular weight is 420 g/mol. The van der Waals surface area contributed by atoms with E-state index in [0.717, 1.165) is 54.1 Å². The van der Waals surface area contributed by atoms with E-state index in [-0.39, 0.29) is 0 Å². The molecule has 6 heteroatoms. The highest BCUT2D eigenvalue weighted by atomic mass is 16.5. The van der Waals surface area contributed by atoms with Gasteiger partial charge in [-0.3, -0.25) is 0 Å². The van der Waals surface area contributed by atoms with E-state index in [9.17, 15) is 0 Å². The Morgan fingerprint density at radius 1 is 0.935 bits per heavy atom. The van der Waals surface area contributed by atoms with E-state index in [0.29, 0.717) is 18.0 Å². The number of benzene rings is 2. The highest BCUT2D eigenvalue weighted by Crippen LogP contribution is 2.30. The second-order valence-electron chi connectivity index (χ2n) is 8.11. The first-order valence-electron chi connectivity index (χ1n) is 11.4. The summed E-state index contributed by atoms with van der Waals surface area (Å²) in [5, 5.41) is 8.12. The minimum Gasteiger partial charge on any atom is -0.495 e. The quantitative estimate of drug-likeness (QED) is 0.506. The zero-order valence-corrected chi connectivity index (χ0v) is 18.8. The van der Waals surface area contributed by atoms with Gasteiger partial charge in [0.25, 0.3) is 0 Å². The summed E-state index contributed by atoms with van der Waals surface area (Å²) in [4.78, 5) is 12.2. The monoisotopic (exact) mass is 419 g/mol. The van der Waals surface area contributed by atoms with E-state index in [4.69, 9.17) is 14.7 Å². The molecule has 0 aliphatic heterocycles. The van der Waals surface area contributed by atoms with Gasteiger partial charge in [0.15, 0.2) is 0 Å². The number of aromatic nitrogens is 2. The van der Waals surface area contributed by atoms with Gasteiger partial charge in [0.1, 0.15) is 11.6 Å². The number of fused-ring (bicyclic) bond motifs is 1. The number of hydrogen-bond acceptors (Lipinski definition) is 6. The number of ether oxygens (including phenoxy) is 1. The minimum absolute atomic E-state index is 0.434. The first-order chi connectivity index (χ1) is 15.2. The zero-order valence-electron chi connectivity index (χ0n) is 18.8. The second-order valence-corrected chi connectivity index (χ2v) is 8.11. The van der Waals surface area contributed by atoms with Crippen LogP contribution < -0.4 is 15.4 Å². The molecule has 2 N–H and O–H groups in total. The maximum absolute atomic E-state index is 5.47. The molecule has 1 saturated carbocycles. The van der Waals surface area contributed by atoms with Gasteiger partial charge in [-0.1, -0.05) is 38.1 Å². The molecule has 0 bridgehead atoms. The van der Waals surface area contributed by atoms with Gasteiger partial charge in [0.2, 0.25) is 5.95 Å². The zero-order chi connectivity index (χ0) is 21.6. The van der Waals surface area contributed by atoms with Crippen molar-refractivity contribution in [3.63, 3.8) is 0 Å². The van der Waals surface area contributed by atoms with Crippen molar-refractivity contribution < 1.29 is 4.74 Å². The molecule has 6 nitrogen and oxygen atoms in total. The van der Waals surface area contributed by atoms with Gasteiger partial charge in [0.05, 0.1) is 18.3 Å². The van der Waals surface area contributed by atoms with Crippen LogP contribution >= 0.6 is 0 Å². The first kappa shape index (κ1) is 21.4. The predicted molar refractivity (Wildman–Crippen MR) is 128 cm³/mol. The third-order valence-electron chi connectivity index (χ3n) is 6.32. The Morgan fingerprint density at radius 2 is 1.65 bits per heavy atom. The smallest absolute Gasteiger partial charge is 0.229 e. The Labute approximate surface area is 185 Å². The Kier molecular flexibility index (Phi) is 6.87. The highest BCUT2D eigenvalue weighted by Gasteiger charge is 2.25. The third-order valence-corrected chi connectivity index (χ3v) is 6.32. The number of para-hydroxylation sites is 3. The summed E-state index contributed by atoms with van der Waals surface area (Å²) in [7, 11) is 1.67. The topological polar surface area (TPSA) is 62.3 Å². The lowest BCUT2D eigenvalue weighted by Crippen LogP contribution is -2.40. The Hall–Kier alpha value is -2.86. The van der Waals surface area contributed by atoms with Crippen LogP contribution in [0.3, 0.4) is 0 Å². The lowest BCUT2D eigenvalue weighted by Gasteiger charge is -2.36. The van der Waals surface area contributed by atoms with Crippen molar-refractivity contribution in [2.75, 3.05) is 30.8 Å². The molecule has 1 heterocycles. The van der Waals surface area contributed by atoms with Gasteiger partial charge in [-0.2, -0.15) is 4.98 Å². The van der Waals surface area contributed by atoms with Crippen molar-refractivity contribution in [1.29, 1.82) is 0 Å². The number of rotatable bonds is 8. The number of nitrogens with zero attached hydrogens (tertiary/aromatic N) is 3. The van der Waals surface area contributed by atoms with Crippen LogP contribution in [0.4, 0.5) is 17.5 Å². The lowest BCUT2D eigenvalue weighted by atomic mass is 9.90. The molecule has 3 aromatic rings. The molecule has 1 aliphatic carbocycles. The van der Waals surface area contributed by atoms with Gasteiger partial charge < -0.3 is 20.3 Å². The fraction of sp³-hybridized carbons (Fsp3) is 0.440. The molecule has 0 spiro atoms. The third kappa shape index (κ3) is 4.90. The van der Waals surface area contributed by atoms with Gasteiger partial charge in [-0.25, -0.2) is 4.98 Å². The van der Waals surface area contributed by atoms with Crippen molar-refractivity contribution in [2.45, 2.75) is 51.6 Å². The highest BCUT2D eigenvalue weighted by molar-refractivity contribution is 5.90.